The lowest BCUT2D eigenvalue weighted by Gasteiger charge is -2.35. The summed E-state index contributed by atoms with van der Waals surface area (Å²) in [6.45, 7) is 13.8. The second-order valence-corrected chi connectivity index (χ2v) is 6.86. The predicted molar refractivity (Wildman–Crippen MR) is 83.9 cm³/mol. The zero-order valence-electron chi connectivity index (χ0n) is 14.3. The highest BCUT2D eigenvalue weighted by atomic mass is 16.6. The van der Waals surface area contributed by atoms with Gasteiger partial charge in [0.15, 0.2) is 0 Å². The summed E-state index contributed by atoms with van der Waals surface area (Å²) in [5.41, 5.74) is 1.75. The number of nitrogens with zero attached hydrogens (tertiary/aromatic N) is 3. The Bertz CT molecular complexity index is 492. The standard InChI is InChI=1S/C16H27N3O3/c1-12-14(13(2)22-17-12)6-7-18-8-10-19(11-9-18)15(20)21-16(3,4)5/h6-11H2,1-5H3. The molecule has 1 aliphatic rings. The number of ether oxygens (including phenoxy) is 1. The second kappa shape index (κ2) is 6.69. The van der Waals surface area contributed by atoms with Crippen molar-refractivity contribution in [2.24, 2.45) is 0 Å². The topological polar surface area (TPSA) is 58.8 Å². The molecule has 124 valence electrons. The minimum absolute atomic E-state index is 0.210. The monoisotopic (exact) mass is 309 g/mol. The molecular weight excluding hydrogens is 282 g/mol. The van der Waals surface area contributed by atoms with Gasteiger partial charge >= 0.3 is 6.09 Å². The van der Waals surface area contributed by atoms with Crippen LogP contribution in [0.5, 0.6) is 0 Å². The Morgan fingerprint density at radius 2 is 1.86 bits per heavy atom. The third kappa shape index (κ3) is 4.47. The molecule has 1 aromatic heterocycles. The summed E-state index contributed by atoms with van der Waals surface area (Å²) in [5, 5.41) is 3.99. The number of aryl methyl sites for hydroxylation is 2. The van der Waals surface area contributed by atoms with Crippen molar-refractivity contribution in [2.45, 2.75) is 46.6 Å². The van der Waals surface area contributed by atoms with Crippen LogP contribution < -0.4 is 0 Å². The van der Waals surface area contributed by atoms with Gasteiger partial charge in [0, 0.05) is 38.3 Å². The van der Waals surface area contributed by atoms with Crippen molar-refractivity contribution in [1.82, 2.24) is 15.0 Å². The summed E-state index contributed by atoms with van der Waals surface area (Å²) in [4.78, 5) is 16.2. The SMILES string of the molecule is Cc1noc(C)c1CCN1CCN(C(=O)OC(C)(C)C)CC1. The van der Waals surface area contributed by atoms with Gasteiger partial charge in [-0.1, -0.05) is 5.16 Å². The fraction of sp³-hybridized carbons (Fsp3) is 0.750. The van der Waals surface area contributed by atoms with E-state index in [0.29, 0.717) is 0 Å². The van der Waals surface area contributed by atoms with E-state index in [-0.39, 0.29) is 6.09 Å². The van der Waals surface area contributed by atoms with Crippen LogP contribution in [0.1, 0.15) is 37.8 Å². The van der Waals surface area contributed by atoms with Crippen molar-refractivity contribution >= 4 is 6.09 Å². The lowest BCUT2D eigenvalue weighted by Crippen LogP contribution is -2.50. The highest BCUT2D eigenvalue weighted by molar-refractivity contribution is 5.68. The first kappa shape index (κ1) is 16.8. The molecule has 0 spiro atoms. The van der Waals surface area contributed by atoms with E-state index in [0.717, 1.165) is 50.6 Å². The van der Waals surface area contributed by atoms with Crippen molar-refractivity contribution < 1.29 is 14.1 Å². The Morgan fingerprint density at radius 1 is 1.23 bits per heavy atom. The maximum atomic E-state index is 12.0. The Morgan fingerprint density at radius 3 is 2.36 bits per heavy atom. The highest BCUT2D eigenvalue weighted by Crippen LogP contribution is 2.15. The average molecular weight is 309 g/mol. The highest BCUT2D eigenvalue weighted by Gasteiger charge is 2.25. The summed E-state index contributed by atoms with van der Waals surface area (Å²) < 4.78 is 10.6. The molecule has 0 aromatic carbocycles. The lowest BCUT2D eigenvalue weighted by atomic mass is 10.1. The zero-order chi connectivity index (χ0) is 16.3. The van der Waals surface area contributed by atoms with Crippen molar-refractivity contribution in [3.8, 4) is 0 Å². The number of aromatic nitrogens is 1. The van der Waals surface area contributed by atoms with Crippen LogP contribution in [-0.2, 0) is 11.2 Å². The summed E-state index contributed by atoms with van der Waals surface area (Å²) in [6.07, 6.45) is 0.728. The Balaban J connectivity index is 1.77. The molecule has 0 aliphatic carbocycles. The summed E-state index contributed by atoms with van der Waals surface area (Å²) in [5.74, 6) is 0.907. The van der Waals surface area contributed by atoms with Crippen LogP contribution in [-0.4, -0.2) is 59.4 Å². The van der Waals surface area contributed by atoms with Crippen LogP contribution in [0.3, 0.4) is 0 Å². The average Bonchev–Trinajstić information content (AvgIpc) is 2.74. The maximum Gasteiger partial charge on any atom is 0.410 e. The summed E-state index contributed by atoms with van der Waals surface area (Å²) >= 11 is 0. The van der Waals surface area contributed by atoms with Crippen molar-refractivity contribution in [2.75, 3.05) is 32.7 Å². The van der Waals surface area contributed by atoms with Gasteiger partial charge in [0.05, 0.1) is 5.69 Å². The number of carbonyl (C=O) groups excluding carboxylic acids is 1. The molecule has 0 N–H and O–H groups in total. The number of carbonyl (C=O) groups is 1. The number of rotatable bonds is 3. The predicted octanol–water partition coefficient (Wildman–Crippen LogP) is 2.39. The van der Waals surface area contributed by atoms with Crippen LogP contribution in [0.25, 0.3) is 0 Å². The molecule has 1 aromatic rings. The first-order chi connectivity index (χ1) is 10.3. The van der Waals surface area contributed by atoms with Crippen molar-refractivity contribution in [3.05, 3.63) is 17.0 Å². The van der Waals surface area contributed by atoms with Crippen molar-refractivity contribution in [1.29, 1.82) is 0 Å². The minimum atomic E-state index is -0.433. The lowest BCUT2D eigenvalue weighted by molar-refractivity contribution is 0.0146. The number of hydrogen-bond acceptors (Lipinski definition) is 5. The Kier molecular flexibility index (Phi) is 5.11. The smallest absolute Gasteiger partial charge is 0.410 e. The van der Waals surface area contributed by atoms with E-state index in [2.05, 4.69) is 10.1 Å². The van der Waals surface area contributed by atoms with E-state index in [9.17, 15) is 4.79 Å². The van der Waals surface area contributed by atoms with Gasteiger partial charge in [0.25, 0.3) is 0 Å². The van der Waals surface area contributed by atoms with Gasteiger partial charge in [0.1, 0.15) is 11.4 Å². The van der Waals surface area contributed by atoms with Gasteiger partial charge in [-0.2, -0.15) is 0 Å². The normalized spacial score (nSPS) is 16.9. The third-order valence-electron chi connectivity index (χ3n) is 3.88. The molecule has 0 atom stereocenters. The zero-order valence-corrected chi connectivity index (χ0v) is 14.3. The molecule has 6 heteroatoms. The number of hydrogen-bond donors (Lipinski definition) is 0. The Hall–Kier alpha value is -1.56. The number of amides is 1. The minimum Gasteiger partial charge on any atom is -0.444 e. The second-order valence-electron chi connectivity index (χ2n) is 6.86. The van der Waals surface area contributed by atoms with Crippen LogP contribution in [0.15, 0.2) is 4.52 Å². The van der Waals surface area contributed by atoms with Crippen LogP contribution in [0, 0.1) is 13.8 Å². The Labute approximate surface area is 132 Å². The molecule has 6 nitrogen and oxygen atoms in total. The van der Waals surface area contributed by atoms with E-state index in [1.54, 1.807) is 4.90 Å². The fourth-order valence-corrected chi connectivity index (χ4v) is 2.61. The fourth-order valence-electron chi connectivity index (χ4n) is 2.61. The van der Waals surface area contributed by atoms with Gasteiger partial charge in [0.2, 0.25) is 0 Å². The van der Waals surface area contributed by atoms with Gasteiger partial charge in [-0.25, -0.2) is 4.79 Å². The van der Waals surface area contributed by atoms with Gasteiger partial charge in [-0.15, -0.1) is 0 Å². The third-order valence-corrected chi connectivity index (χ3v) is 3.88. The maximum absolute atomic E-state index is 12.0. The van der Waals surface area contributed by atoms with E-state index in [1.165, 1.54) is 5.56 Å². The van der Waals surface area contributed by atoms with Gasteiger partial charge in [-0.3, -0.25) is 4.90 Å². The van der Waals surface area contributed by atoms with E-state index >= 15 is 0 Å². The molecule has 0 radical (unpaired) electrons. The molecule has 0 bridgehead atoms. The van der Waals surface area contributed by atoms with Crippen LogP contribution in [0.2, 0.25) is 0 Å². The molecule has 2 rings (SSSR count). The quantitative estimate of drug-likeness (QED) is 0.858. The van der Waals surface area contributed by atoms with Crippen LogP contribution in [0.4, 0.5) is 4.79 Å². The largest absolute Gasteiger partial charge is 0.444 e. The molecule has 1 aliphatic heterocycles. The molecule has 1 amide bonds. The molecule has 1 fully saturated rings. The summed E-state index contributed by atoms with van der Waals surface area (Å²) in [7, 11) is 0. The molecule has 1 saturated heterocycles. The molecule has 22 heavy (non-hydrogen) atoms. The van der Waals surface area contributed by atoms with E-state index < -0.39 is 5.60 Å². The molecule has 0 saturated carbocycles. The number of piperazine rings is 1. The molecule has 0 unspecified atom stereocenters. The molecular formula is C16H27N3O3. The molecule has 2 heterocycles. The first-order valence-electron chi connectivity index (χ1n) is 7.88. The van der Waals surface area contributed by atoms with Gasteiger partial charge in [-0.05, 0) is 41.0 Å². The van der Waals surface area contributed by atoms with Crippen molar-refractivity contribution in [3.63, 3.8) is 0 Å². The van der Waals surface area contributed by atoms with Gasteiger partial charge < -0.3 is 14.2 Å². The van der Waals surface area contributed by atoms with E-state index in [4.69, 9.17) is 9.26 Å². The first-order valence-corrected chi connectivity index (χ1v) is 7.88. The van der Waals surface area contributed by atoms with E-state index in [1.807, 2.05) is 34.6 Å². The summed E-state index contributed by atoms with van der Waals surface area (Å²) in [6, 6.07) is 0. The van der Waals surface area contributed by atoms with Crippen LogP contribution >= 0.6 is 0 Å².